The van der Waals surface area contributed by atoms with Gasteiger partial charge in [0.2, 0.25) is 0 Å². The van der Waals surface area contributed by atoms with Gasteiger partial charge in [0.25, 0.3) is 0 Å². The summed E-state index contributed by atoms with van der Waals surface area (Å²) in [6, 6.07) is 0. The van der Waals surface area contributed by atoms with E-state index >= 15 is 0 Å². The Morgan fingerprint density at radius 3 is 1.38 bits per heavy atom. The van der Waals surface area contributed by atoms with Gasteiger partial charge in [-0.3, -0.25) is 18.6 Å². The molecule has 0 aliphatic heterocycles. The smallest absolute Gasteiger partial charge is 0.462 e. The summed E-state index contributed by atoms with van der Waals surface area (Å²) in [5.74, 6) is -0.921. The summed E-state index contributed by atoms with van der Waals surface area (Å²) in [6.45, 7) is 2.37. The standard InChI is InChI=1S/C41H79O10P/c1-3-5-7-9-11-13-15-16-17-18-19-20-21-22-23-25-27-29-31-33-41(45)51-39(37-50-52(46,47)49-35-38(43)34-42)36-48-40(44)32-30-28-26-24-14-12-10-8-6-4-2/h16-17,38-39,42-43H,3-15,18-37H2,1-2H3,(H,46,47)/b17-16+/t38-,39+/m0/s1. The largest absolute Gasteiger partial charge is 0.472 e. The quantitative estimate of drug-likeness (QED) is 0.0238. The maximum absolute atomic E-state index is 12.6. The first-order chi connectivity index (χ1) is 25.2. The fourth-order valence-electron chi connectivity index (χ4n) is 5.87. The molecule has 3 atom stereocenters. The van der Waals surface area contributed by atoms with Crippen LogP contribution in [0.5, 0.6) is 0 Å². The lowest BCUT2D eigenvalue weighted by molar-refractivity contribution is -0.161. The van der Waals surface area contributed by atoms with Crippen molar-refractivity contribution in [3.05, 3.63) is 12.2 Å². The number of carbonyl (C=O) groups is 2. The number of unbranched alkanes of at least 4 members (excludes halogenated alkanes) is 24. The second-order valence-corrected chi connectivity index (χ2v) is 15.8. The van der Waals surface area contributed by atoms with Crippen LogP contribution >= 0.6 is 7.82 Å². The monoisotopic (exact) mass is 763 g/mol. The zero-order valence-corrected chi connectivity index (χ0v) is 34.2. The Morgan fingerprint density at radius 2 is 0.942 bits per heavy atom. The van der Waals surface area contributed by atoms with E-state index in [2.05, 4.69) is 30.5 Å². The van der Waals surface area contributed by atoms with Gasteiger partial charge in [-0.2, -0.15) is 0 Å². The minimum atomic E-state index is -4.61. The van der Waals surface area contributed by atoms with Gasteiger partial charge in [-0.1, -0.05) is 161 Å². The van der Waals surface area contributed by atoms with Gasteiger partial charge >= 0.3 is 19.8 Å². The molecule has 0 aromatic rings. The van der Waals surface area contributed by atoms with E-state index in [0.29, 0.717) is 12.8 Å². The average molecular weight is 763 g/mol. The molecular weight excluding hydrogens is 683 g/mol. The van der Waals surface area contributed by atoms with Crippen molar-refractivity contribution >= 4 is 19.8 Å². The van der Waals surface area contributed by atoms with Crippen LogP contribution in [0.25, 0.3) is 0 Å². The molecule has 10 nitrogen and oxygen atoms in total. The molecule has 308 valence electrons. The van der Waals surface area contributed by atoms with Crippen molar-refractivity contribution < 1.29 is 47.8 Å². The highest BCUT2D eigenvalue weighted by Gasteiger charge is 2.27. The molecule has 3 N–H and O–H groups in total. The first-order valence-electron chi connectivity index (χ1n) is 21.1. The van der Waals surface area contributed by atoms with Crippen LogP contribution < -0.4 is 0 Å². The van der Waals surface area contributed by atoms with Crippen LogP contribution in [0.3, 0.4) is 0 Å². The van der Waals surface area contributed by atoms with Gasteiger partial charge < -0.3 is 24.6 Å². The van der Waals surface area contributed by atoms with Crippen LogP contribution in [0.15, 0.2) is 12.2 Å². The highest BCUT2D eigenvalue weighted by atomic mass is 31.2. The molecule has 11 heteroatoms. The van der Waals surface area contributed by atoms with E-state index in [1.54, 1.807) is 0 Å². The van der Waals surface area contributed by atoms with Crippen molar-refractivity contribution in [3.63, 3.8) is 0 Å². The van der Waals surface area contributed by atoms with Crippen LogP contribution in [0.4, 0.5) is 0 Å². The fourth-order valence-corrected chi connectivity index (χ4v) is 6.66. The van der Waals surface area contributed by atoms with Gasteiger partial charge in [0.05, 0.1) is 19.8 Å². The van der Waals surface area contributed by atoms with Gasteiger partial charge in [0.1, 0.15) is 12.7 Å². The lowest BCUT2D eigenvalue weighted by atomic mass is 10.1. The van der Waals surface area contributed by atoms with E-state index in [4.69, 9.17) is 19.1 Å². The number of hydrogen-bond acceptors (Lipinski definition) is 9. The number of aliphatic hydroxyl groups excluding tert-OH is 2. The van der Waals surface area contributed by atoms with Crippen LogP contribution in [0.1, 0.15) is 200 Å². The Balaban J connectivity index is 4.23. The molecule has 0 aliphatic rings. The average Bonchev–Trinajstić information content (AvgIpc) is 3.13. The third-order valence-electron chi connectivity index (χ3n) is 9.17. The van der Waals surface area contributed by atoms with Crippen LogP contribution in [-0.2, 0) is 32.7 Å². The molecule has 0 fully saturated rings. The van der Waals surface area contributed by atoms with Gasteiger partial charge in [-0.25, -0.2) is 4.57 Å². The Hall–Kier alpha value is -1.29. The second kappa shape index (κ2) is 38.0. The number of carbonyl (C=O) groups excluding carboxylic acids is 2. The number of phosphoric acid groups is 1. The maximum Gasteiger partial charge on any atom is 0.472 e. The summed E-state index contributed by atoms with van der Waals surface area (Å²) in [4.78, 5) is 34.9. The van der Waals surface area contributed by atoms with Gasteiger partial charge in [-0.15, -0.1) is 0 Å². The predicted octanol–water partition coefficient (Wildman–Crippen LogP) is 10.8. The third kappa shape index (κ3) is 37.0. The number of hydrogen-bond donors (Lipinski definition) is 3. The summed E-state index contributed by atoms with van der Waals surface area (Å²) >= 11 is 0. The minimum absolute atomic E-state index is 0.186. The zero-order chi connectivity index (χ0) is 38.4. The maximum atomic E-state index is 12.6. The SMILES string of the molecule is CCCCCCCC/C=C/CCCCCCCCCCCC(=O)O[C@H](COC(=O)CCCCCCCCCCCC)COP(=O)(O)OC[C@@H](O)CO. The first-order valence-corrected chi connectivity index (χ1v) is 22.6. The molecular formula is C41H79O10P. The number of rotatable bonds is 40. The highest BCUT2D eigenvalue weighted by Crippen LogP contribution is 2.43. The molecule has 0 aliphatic carbocycles. The molecule has 0 spiro atoms. The van der Waals surface area contributed by atoms with Gasteiger partial charge in [0.15, 0.2) is 6.10 Å². The Labute approximate surface area is 317 Å². The number of aliphatic hydroxyl groups is 2. The molecule has 0 amide bonds. The van der Waals surface area contributed by atoms with Crippen LogP contribution in [0.2, 0.25) is 0 Å². The van der Waals surface area contributed by atoms with E-state index in [0.717, 1.165) is 38.5 Å². The van der Waals surface area contributed by atoms with Crippen LogP contribution in [-0.4, -0.2) is 65.7 Å². The van der Waals surface area contributed by atoms with Crippen molar-refractivity contribution in [1.29, 1.82) is 0 Å². The zero-order valence-electron chi connectivity index (χ0n) is 33.3. The summed E-state index contributed by atoms with van der Waals surface area (Å²) in [6.07, 6.45) is 34.7. The Morgan fingerprint density at radius 1 is 0.558 bits per heavy atom. The Bertz CT molecular complexity index is 884. The van der Waals surface area contributed by atoms with E-state index in [-0.39, 0.29) is 19.4 Å². The summed E-state index contributed by atoms with van der Waals surface area (Å²) < 4.78 is 32.6. The molecule has 0 bridgehead atoms. The molecule has 1 unspecified atom stereocenters. The first kappa shape index (κ1) is 50.7. The van der Waals surface area contributed by atoms with Gasteiger partial charge in [0, 0.05) is 12.8 Å². The minimum Gasteiger partial charge on any atom is -0.462 e. The van der Waals surface area contributed by atoms with E-state index in [1.165, 1.54) is 122 Å². The molecule has 0 saturated heterocycles. The molecule has 0 aromatic heterocycles. The molecule has 0 radical (unpaired) electrons. The normalized spacial score (nSPS) is 14.0. The third-order valence-corrected chi connectivity index (χ3v) is 10.1. The number of esters is 2. The fraction of sp³-hybridized carbons (Fsp3) is 0.902. The predicted molar refractivity (Wildman–Crippen MR) is 210 cm³/mol. The molecule has 0 aromatic carbocycles. The lowest BCUT2D eigenvalue weighted by Gasteiger charge is -2.20. The topological polar surface area (TPSA) is 149 Å². The Kier molecular flexibility index (Phi) is 37.1. The summed E-state index contributed by atoms with van der Waals surface area (Å²) in [7, 11) is -4.61. The number of ether oxygens (including phenoxy) is 2. The molecule has 52 heavy (non-hydrogen) atoms. The molecule has 0 heterocycles. The number of phosphoric ester groups is 1. The van der Waals surface area contributed by atoms with E-state index in [1.807, 2.05) is 0 Å². The van der Waals surface area contributed by atoms with Crippen molar-refractivity contribution in [2.24, 2.45) is 0 Å². The highest BCUT2D eigenvalue weighted by molar-refractivity contribution is 7.47. The lowest BCUT2D eigenvalue weighted by Crippen LogP contribution is -2.29. The second-order valence-electron chi connectivity index (χ2n) is 14.4. The van der Waals surface area contributed by atoms with Gasteiger partial charge in [-0.05, 0) is 38.5 Å². The summed E-state index contributed by atoms with van der Waals surface area (Å²) in [5, 5.41) is 18.3. The van der Waals surface area contributed by atoms with Crippen molar-refractivity contribution in [1.82, 2.24) is 0 Å². The van der Waals surface area contributed by atoms with Crippen molar-refractivity contribution in [2.45, 2.75) is 212 Å². The molecule has 0 rings (SSSR count). The van der Waals surface area contributed by atoms with Crippen molar-refractivity contribution in [3.8, 4) is 0 Å². The number of allylic oxidation sites excluding steroid dienone is 2. The summed E-state index contributed by atoms with van der Waals surface area (Å²) in [5.41, 5.74) is 0. The van der Waals surface area contributed by atoms with Crippen molar-refractivity contribution in [2.75, 3.05) is 26.4 Å². The molecule has 0 saturated carbocycles. The van der Waals surface area contributed by atoms with E-state index < -0.39 is 51.8 Å². The van der Waals surface area contributed by atoms with E-state index in [9.17, 15) is 24.2 Å². The van der Waals surface area contributed by atoms with Crippen LogP contribution in [0, 0.1) is 0 Å².